The van der Waals surface area contributed by atoms with E-state index >= 15 is 0 Å². The molecule has 1 heterocycles. The monoisotopic (exact) mass is 185 g/mol. The van der Waals surface area contributed by atoms with Crippen molar-refractivity contribution in [1.82, 2.24) is 4.90 Å². The fourth-order valence-corrected chi connectivity index (χ4v) is 1.36. The molecule has 1 rings (SSSR count). The molecule has 0 unspecified atom stereocenters. The normalized spacial score (nSPS) is 19.5. The van der Waals surface area contributed by atoms with Crippen LogP contribution in [0.4, 0.5) is 0 Å². The molecule has 3 heteroatoms. The first-order valence-corrected chi connectivity index (χ1v) is 4.96. The zero-order valence-electron chi connectivity index (χ0n) is 8.37. The summed E-state index contributed by atoms with van der Waals surface area (Å²) in [7, 11) is 0. The van der Waals surface area contributed by atoms with Crippen LogP contribution in [0.1, 0.15) is 13.3 Å². The Hall–Kier alpha value is -0.540. The first-order chi connectivity index (χ1) is 6.43. The molecule has 1 saturated heterocycles. The van der Waals surface area contributed by atoms with Crippen LogP contribution in [0.3, 0.4) is 0 Å². The van der Waals surface area contributed by atoms with Gasteiger partial charge in [0.2, 0.25) is 0 Å². The van der Waals surface area contributed by atoms with Crippen LogP contribution in [0.15, 0.2) is 12.3 Å². The maximum Gasteiger partial charge on any atom is 0.0885 e. The van der Waals surface area contributed by atoms with Gasteiger partial charge in [0.25, 0.3) is 0 Å². The first-order valence-electron chi connectivity index (χ1n) is 4.96. The molecule has 0 atom stereocenters. The molecule has 0 saturated carbocycles. The van der Waals surface area contributed by atoms with Crippen LogP contribution in [-0.4, -0.2) is 44.4 Å². The summed E-state index contributed by atoms with van der Waals surface area (Å²) >= 11 is 0. The highest BCUT2D eigenvalue weighted by atomic mass is 16.5. The molecule has 3 nitrogen and oxygen atoms in total. The molecule has 0 spiro atoms. The quantitative estimate of drug-likeness (QED) is 0.475. The standard InChI is InChI=1S/C10H19NO2/c1-2-7-12-8-3-4-11-5-9-13-10-6-11/h2,7H,3-6,8-10H2,1H3/b7-2+. The lowest BCUT2D eigenvalue weighted by atomic mass is 10.3. The van der Waals surface area contributed by atoms with Crippen molar-refractivity contribution in [2.24, 2.45) is 0 Å². The van der Waals surface area contributed by atoms with Crippen molar-refractivity contribution in [2.45, 2.75) is 13.3 Å². The Balaban J connectivity index is 1.92. The summed E-state index contributed by atoms with van der Waals surface area (Å²) in [6.07, 6.45) is 4.76. The molecule has 0 bridgehead atoms. The van der Waals surface area contributed by atoms with E-state index in [0.717, 1.165) is 45.9 Å². The van der Waals surface area contributed by atoms with E-state index in [-0.39, 0.29) is 0 Å². The number of allylic oxidation sites excluding steroid dienone is 1. The Morgan fingerprint density at radius 3 is 2.85 bits per heavy atom. The summed E-state index contributed by atoms with van der Waals surface area (Å²) in [4.78, 5) is 2.42. The lowest BCUT2D eigenvalue weighted by Gasteiger charge is -2.26. The SMILES string of the molecule is C/C=C/OCCCN1CCOCC1. The second kappa shape index (κ2) is 6.92. The lowest BCUT2D eigenvalue weighted by Crippen LogP contribution is -2.37. The second-order valence-electron chi connectivity index (χ2n) is 3.15. The highest BCUT2D eigenvalue weighted by Gasteiger charge is 2.08. The van der Waals surface area contributed by atoms with E-state index in [2.05, 4.69) is 4.90 Å². The van der Waals surface area contributed by atoms with Crippen LogP contribution in [-0.2, 0) is 9.47 Å². The Labute approximate surface area is 80.3 Å². The lowest BCUT2D eigenvalue weighted by molar-refractivity contribution is 0.0349. The van der Waals surface area contributed by atoms with Crippen molar-refractivity contribution in [1.29, 1.82) is 0 Å². The van der Waals surface area contributed by atoms with E-state index in [4.69, 9.17) is 9.47 Å². The van der Waals surface area contributed by atoms with E-state index in [9.17, 15) is 0 Å². The van der Waals surface area contributed by atoms with Crippen molar-refractivity contribution in [3.8, 4) is 0 Å². The van der Waals surface area contributed by atoms with Gasteiger partial charge in [0.15, 0.2) is 0 Å². The summed E-state index contributed by atoms with van der Waals surface area (Å²) in [6.45, 7) is 7.82. The summed E-state index contributed by atoms with van der Waals surface area (Å²) in [6, 6.07) is 0. The molecule has 1 fully saturated rings. The van der Waals surface area contributed by atoms with Crippen molar-refractivity contribution in [3.05, 3.63) is 12.3 Å². The van der Waals surface area contributed by atoms with Crippen molar-refractivity contribution in [2.75, 3.05) is 39.5 Å². The summed E-state index contributed by atoms with van der Waals surface area (Å²) in [5.41, 5.74) is 0. The average molecular weight is 185 g/mol. The Morgan fingerprint density at radius 1 is 1.38 bits per heavy atom. The number of nitrogens with zero attached hydrogens (tertiary/aromatic N) is 1. The third-order valence-corrected chi connectivity index (χ3v) is 2.07. The van der Waals surface area contributed by atoms with E-state index < -0.39 is 0 Å². The molecular weight excluding hydrogens is 166 g/mol. The maximum absolute atomic E-state index is 5.26. The fourth-order valence-electron chi connectivity index (χ4n) is 1.36. The maximum atomic E-state index is 5.26. The number of ether oxygens (including phenoxy) is 2. The molecule has 0 N–H and O–H groups in total. The minimum atomic E-state index is 0.821. The highest BCUT2D eigenvalue weighted by Crippen LogP contribution is 1.98. The van der Waals surface area contributed by atoms with Crippen LogP contribution in [0.25, 0.3) is 0 Å². The summed E-state index contributed by atoms with van der Waals surface area (Å²) in [5, 5.41) is 0. The molecule has 0 aromatic carbocycles. The third kappa shape index (κ3) is 4.90. The smallest absolute Gasteiger partial charge is 0.0885 e. The Morgan fingerprint density at radius 2 is 2.15 bits per heavy atom. The molecular formula is C10H19NO2. The van der Waals surface area contributed by atoms with Crippen LogP contribution < -0.4 is 0 Å². The topological polar surface area (TPSA) is 21.7 Å². The molecule has 0 amide bonds. The van der Waals surface area contributed by atoms with Crippen LogP contribution in [0, 0.1) is 0 Å². The predicted octanol–water partition coefficient (Wildman–Crippen LogP) is 1.26. The minimum absolute atomic E-state index is 0.821. The molecule has 0 aromatic rings. The van der Waals surface area contributed by atoms with Gasteiger partial charge in [-0.15, -0.1) is 0 Å². The number of rotatable bonds is 5. The van der Waals surface area contributed by atoms with Crippen molar-refractivity contribution < 1.29 is 9.47 Å². The number of hydrogen-bond acceptors (Lipinski definition) is 3. The van der Waals surface area contributed by atoms with Crippen molar-refractivity contribution >= 4 is 0 Å². The summed E-state index contributed by atoms with van der Waals surface area (Å²) < 4.78 is 10.5. The molecule has 13 heavy (non-hydrogen) atoms. The molecule has 0 aromatic heterocycles. The first kappa shape index (κ1) is 10.5. The molecule has 0 radical (unpaired) electrons. The highest BCUT2D eigenvalue weighted by molar-refractivity contribution is 4.66. The van der Waals surface area contributed by atoms with Crippen LogP contribution >= 0.6 is 0 Å². The number of hydrogen-bond donors (Lipinski definition) is 0. The zero-order chi connectivity index (χ0) is 9.36. The predicted molar refractivity (Wildman–Crippen MR) is 52.6 cm³/mol. The van der Waals surface area contributed by atoms with Gasteiger partial charge in [-0.05, 0) is 13.3 Å². The largest absolute Gasteiger partial charge is 0.501 e. The van der Waals surface area contributed by atoms with Gasteiger partial charge in [-0.2, -0.15) is 0 Å². The third-order valence-electron chi connectivity index (χ3n) is 2.07. The summed E-state index contributed by atoms with van der Waals surface area (Å²) in [5.74, 6) is 0. The van der Waals surface area contributed by atoms with Crippen LogP contribution in [0.5, 0.6) is 0 Å². The molecule has 0 aliphatic carbocycles. The minimum Gasteiger partial charge on any atom is -0.501 e. The van der Waals surface area contributed by atoms with Gasteiger partial charge in [0.05, 0.1) is 26.1 Å². The van der Waals surface area contributed by atoms with Gasteiger partial charge in [0, 0.05) is 19.6 Å². The van der Waals surface area contributed by atoms with Gasteiger partial charge in [-0.3, -0.25) is 4.90 Å². The number of morpholine rings is 1. The van der Waals surface area contributed by atoms with Gasteiger partial charge in [-0.1, -0.05) is 6.08 Å². The molecule has 1 aliphatic heterocycles. The fraction of sp³-hybridized carbons (Fsp3) is 0.800. The van der Waals surface area contributed by atoms with Gasteiger partial charge >= 0.3 is 0 Å². The second-order valence-corrected chi connectivity index (χ2v) is 3.15. The Kier molecular flexibility index (Phi) is 5.61. The van der Waals surface area contributed by atoms with Gasteiger partial charge < -0.3 is 9.47 Å². The average Bonchev–Trinajstić information content (AvgIpc) is 2.19. The molecule has 1 aliphatic rings. The zero-order valence-corrected chi connectivity index (χ0v) is 8.37. The van der Waals surface area contributed by atoms with E-state index in [1.54, 1.807) is 6.26 Å². The van der Waals surface area contributed by atoms with Crippen LogP contribution in [0.2, 0.25) is 0 Å². The molecule has 76 valence electrons. The van der Waals surface area contributed by atoms with E-state index in [1.807, 2.05) is 13.0 Å². The van der Waals surface area contributed by atoms with E-state index in [0.29, 0.717) is 0 Å². The Bertz CT molecular complexity index is 142. The van der Waals surface area contributed by atoms with E-state index in [1.165, 1.54) is 0 Å². The van der Waals surface area contributed by atoms with Crippen molar-refractivity contribution in [3.63, 3.8) is 0 Å². The van der Waals surface area contributed by atoms with Gasteiger partial charge in [0.1, 0.15) is 0 Å². The van der Waals surface area contributed by atoms with Gasteiger partial charge in [-0.25, -0.2) is 0 Å².